The van der Waals surface area contributed by atoms with E-state index in [9.17, 15) is 14.7 Å². The van der Waals surface area contributed by atoms with Crippen LogP contribution in [0.25, 0.3) is 0 Å². The van der Waals surface area contributed by atoms with Crippen molar-refractivity contribution >= 4 is 17.7 Å². The molecule has 3 N–H and O–H groups in total. The number of rotatable bonds is 2. The number of aromatic nitrogens is 2. The van der Waals surface area contributed by atoms with Crippen LogP contribution in [0.2, 0.25) is 0 Å². The van der Waals surface area contributed by atoms with Gasteiger partial charge in [-0.15, -0.1) is 0 Å². The van der Waals surface area contributed by atoms with Crippen molar-refractivity contribution < 1.29 is 19.4 Å². The summed E-state index contributed by atoms with van der Waals surface area (Å²) in [5, 5.41) is 19.3. The number of H-pyrrole nitrogens is 1. The molecule has 2 heterocycles. The van der Waals surface area contributed by atoms with Gasteiger partial charge in [-0.25, -0.2) is 4.79 Å². The van der Waals surface area contributed by atoms with E-state index in [1.165, 1.54) is 6.07 Å². The summed E-state index contributed by atoms with van der Waals surface area (Å²) in [6.07, 6.45) is 0.169. The molecule has 27 heavy (non-hydrogen) atoms. The monoisotopic (exact) mass is 372 g/mol. The number of benzene rings is 1. The predicted octanol–water partition coefficient (Wildman–Crippen LogP) is 2.97. The van der Waals surface area contributed by atoms with Crippen molar-refractivity contribution in [2.45, 2.75) is 46.3 Å². The molecule has 2 aromatic rings. The van der Waals surface area contributed by atoms with Crippen LogP contribution in [0, 0.1) is 6.92 Å². The molecule has 0 bridgehead atoms. The molecule has 0 atom stereocenters. The van der Waals surface area contributed by atoms with E-state index in [1.54, 1.807) is 24.0 Å². The lowest BCUT2D eigenvalue weighted by Crippen LogP contribution is -2.40. The van der Waals surface area contributed by atoms with Crippen LogP contribution in [0.15, 0.2) is 18.2 Å². The Hall–Kier alpha value is -3.03. The highest BCUT2D eigenvalue weighted by molar-refractivity contribution is 6.04. The fraction of sp³-hybridized carbons (Fsp3) is 0.421. The Morgan fingerprint density at radius 1 is 1.33 bits per heavy atom. The fourth-order valence-corrected chi connectivity index (χ4v) is 2.93. The number of anilines is 1. The summed E-state index contributed by atoms with van der Waals surface area (Å²) in [5.74, 6) is -0.233. The number of carbonyl (C=O) groups is 2. The van der Waals surface area contributed by atoms with E-state index in [4.69, 9.17) is 4.74 Å². The number of amides is 2. The fourth-order valence-electron chi connectivity index (χ4n) is 2.93. The summed E-state index contributed by atoms with van der Waals surface area (Å²) in [4.78, 5) is 26.6. The molecule has 0 unspecified atom stereocenters. The molecule has 1 aliphatic rings. The largest absolute Gasteiger partial charge is 0.508 e. The van der Waals surface area contributed by atoms with Crippen molar-refractivity contribution in [3.8, 4) is 5.75 Å². The Kier molecular flexibility index (Phi) is 4.82. The highest BCUT2D eigenvalue weighted by Crippen LogP contribution is 2.25. The first-order valence-corrected chi connectivity index (χ1v) is 8.79. The quantitative estimate of drug-likeness (QED) is 0.703. The molecule has 8 heteroatoms. The standard InChI is InChI=1S/C19H24N4O4/c1-11-9-12(24)5-6-14(11)20-17(25)16-13-10-23(8-7-15(13)21-22-16)18(26)27-19(2,3)4/h5-6,9,24H,7-8,10H2,1-4H3,(H,20,25)(H,21,22). The Balaban J connectivity index is 1.77. The summed E-state index contributed by atoms with van der Waals surface area (Å²) in [5.41, 5.74) is 2.55. The molecule has 1 aromatic carbocycles. The van der Waals surface area contributed by atoms with E-state index in [-0.39, 0.29) is 23.9 Å². The van der Waals surface area contributed by atoms with E-state index >= 15 is 0 Å². The molecule has 0 aliphatic carbocycles. The van der Waals surface area contributed by atoms with Gasteiger partial charge in [-0.1, -0.05) is 0 Å². The molecule has 144 valence electrons. The van der Waals surface area contributed by atoms with Crippen molar-refractivity contribution in [2.24, 2.45) is 0 Å². The highest BCUT2D eigenvalue weighted by atomic mass is 16.6. The van der Waals surface area contributed by atoms with Crippen LogP contribution in [-0.4, -0.2) is 44.4 Å². The third-order valence-electron chi connectivity index (χ3n) is 4.26. The second-order valence-electron chi connectivity index (χ2n) is 7.63. The Bertz CT molecular complexity index is 882. The molecule has 0 saturated carbocycles. The van der Waals surface area contributed by atoms with Crippen molar-refractivity contribution in [2.75, 3.05) is 11.9 Å². The average molecular weight is 372 g/mol. The summed E-state index contributed by atoms with van der Waals surface area (Å²) in [6.45, 7) is 8.00. The normalized spacial score (nSPS) is 13.9. The third kappa shape index (κ3) is 4.21. The van der Waals surface area contributed by atoms with E-state index < -0.39 is 11.7 Å². The molecule has 2 amide bonds. The van der Waals surface area contributed by atoms with Crippen molar-refractivity contribution in [3.05, 3.63) is 40.7 Å². The number of phenols is 1. The number of aromatic amines is 1. The maximum atomic E-state index is 12.7. The summed E-state index contributed by atoms with van der Waals surface area (Å²) >= 11 is 0. The van der Waals surface area contributed by atoms with Gasteiger partial charge in [0.15, 0.2) is 5.69 Å². The molecular formula is C19H24N4O4. The van der Waals surface area contributed by atoms with Crippen LogP contribution >= 0.6 is 0 Å². The average Bonchev–Trinajstić information content (AvgIpc) is 2.99. The highest BCUT2D eigenvalue weighted by Gasteiger charge is 2.30. The van der Waals surface area contributed by atoms with Crippen molar-refractivity contribution in [1.82, 2.24) is 15.1 Å². The number of hydrogen-bond acceptors (Lipinski definition) is 5. The van der Waals surface area contributed by atoms with Gasteiger partial charge >= 0.3 is 6.09 Å². The maximum absolute atomic E-state index is 12.7. The van der Waals surface area contributed by atoms with E-state index in [0.29, 0.717) is 24.2 Å². The van der Waals surface area contributed by atoms with Gasteiger partial charge in [0.2, 0.25) is 0 Å². The van der Waals surface area contributed by atoms with E-state index in [1.807, 2.05) is 20.8 Å². The molecule has 0 radical (unpaired) electrons. The van der Waals surface area contributed by atoms with Crippen LogP contribution in [0.3, 0.4) is 0 Å². The lowest BCUT2D eigenvalue weighted by Gasteiger charge is -2.30. The molecule has 0 spiro atoms. The zero-order valence-corrected chi connectivity index (χ0v) is 15.9. The lowest BCUT2D eigenvalue weighted by atomic mass is 10.1. The number of hydrogen-bond donors (Lipinski definition) is 3. The number of phenolic OH excluding ortho intramolecular Hbond substituents is 1. The van der Waals surface area contributed by atoms with E-state index in [0.717, 1.165) is 11.3 Å². The number of ether oxygens (including phenoxy) is 1. The second-order valence-corrected chi connectivity index (χ2v) is 7.63. The first-order valence-electron chi connectivity index (χ1n) is 8.79. The number of nitrogens with zero attached hydrogens (tertiary/aromatic N) is 2. The second kappa shape index (κ2) is 6.94. The minimum Gasteiger partial charge on any atom is -0.508 e. The van der Waals surface area contributed by atoms with Crippen LogP contribution in [0.4, 0.5) is 10.5 Å². The minimum atomic E-state index is -0.579. The summed E-state index contributed by atoms with van der Waals surface area (Å²) in [7, 11) is 0. The topological polar surface area (TPSA) is 108 Å². The van der Waals surface area contributed by atoms with Gasteiger partial charge in [0, 0.05) is 29.9 Å². The SMILES string of the molecule is Cc1cc(O)ccc1NC(=O)c1n[nH]c2c1CN(C(=O)OC(C)(C)C)CC2. The van der Waals surface area contributed by atoms with Crippen molar-refractivity contribution in [3.63, 3.8) is 0 Å². The van der Waals surface area contributed by atoms with Crippen LogP contribution < -0.4 is 5.32 Å². The van der Waals surface area contributed by atoms with Crippen LogP contribution in [0.5, 0.6) is 5.75 Å². The first-order chi connectivity index (χ1) is 12.6. The smallest absolute Gasteiger partial charge is 0.410 e. The van der Waals surface area contributed by atoms with Gasteiger partial charge in [-0.2, -0.15) is 5.10 Å². The van der Waals surface area contributed by atoms with Gasteiger partial charge in [-0.3, -0.25) is 9.89 Å². The zero-order chi connectivity index (χ0) is 19.8. The number of nitrogens with one attached hydrogen (secondary N) is 2. The molecule has 8 nitrogen and oxygen atoms in total. The van der Waals surface area contributed by atoms with Crippen molar-refractivity contribution in [1.29, 1.82) is 0 Å². The molecule has 0 saturated heterocycles. The Morgan fingerprint density at radius 2 is 2.07 bits per heavy atom. The van der Waals surface area contributed by atoms with Gasteiger partial charge in [0.1, 0.15) is 11.4 Å². The molecule has 1 aromatic heterocycles. The van der Waals surface area contributed by atoms with Gasteiger partial charge in [-0.05, 0) is 51.5 Å². The minimum absolute atomic E-state index is 0.135. The zero-order valence-electron chi connectivity index (χ0n) is 15.9. The summed E-state index contributed by atoms with van der Waals surface area (Å²) in [6, 6.07) is 4.71. The molecule has 3 rings (SSSR count). The van der Waals surface area contributed by atoms with Gasteiger partial charge in [0.05, 0.1) is 6.54 Å². The Labute approximate surface area is 157 Å². The van der Waals surface area contributed by atoms with Gasteiger partial charge < -0.3 is 20.1 Å². The predicted molar refractivity (Wildman–Crippen MR) is 99.7 cm³/mol. The van der Waals surface area contributed by atoms with Gasteiger partial charge in [0.25, 0.3) is 5.91 Å². The van der Waals surface area contributed by atoms with Crippen LogP contribution in [0.1, 0.15) is 48.1 Å². The van der Waals surface area contributed by atoms with E-state index in [2.05, 4.69) is 15.5 Å². The number of aryl methyl sites for hydroxylation is 1. The molecule has 1 aliphatic heterocycles. The first kappa shape index (κ1) is 18.8. The lowest BCUT2D eigenvalue weighted by molar-refractivity contribution is 0.0222. The third-order valence-corrected chi connectivity index (χ3v) is 4.26. The molecule has 0 fully saturated rings. The van der Waals surface area contributed by atoms with Crippen LogP contribution in [-0.2, 0) is 17.7 Å². The number of fused-ring (bicyclic) bond motifs is 1. The number of carbonyl (C=O) groups excluding carboxylic acids is 2. The Morgan fingerprint density at radius 3 is 2.74 bits per heavy atom. The number of aromatic hydroxyl groups is 1. The molecular weight excluding hydrogens is 348 g/mol. The maximum Gasteiger partial charge on any atom is 0.410 e. The summed E-state index contributed by atoms with van der Waals surface area (Å²) < 4.78 is 5.42.